The monoisotopic (exact) mass is 562 g/mol. The molecule has 2 aliphatic rings. The summed E-state index contributed by atoms with van der Waals surface area (Å²) in [6, 6.07) is 5.94. The molecular weight excluding hydrogens is 534 g/mol. The smallest absolute Gasteiger partial charge is 0.332 e. The molecule has 2 aromatic heterocycles. The normalized spacial score (nSPS) is 19.8. The summed E-state index contributed by atoms with van der Waals surface area (Å²) in [7, 11) is 1.47. The van der Waals surface area contributed by atoms with Gasteiger partial charge in [-0.25, -0.2) is 4.79 Å². The SMILES string of the molecule is CC(C)=CCn1c(N2CC3CCNC3C2)nc2c1c(=O)n(CC(F)(F)c1ccc(Br)cc1)c(=O)n2C. The van der Waals surface area contributed by atoms with Gasteiger partial charge < -0.3 is 14.8 Å². The van der Waals surface area contributed by atoms with Gasteiger partial charge in [0.05, 0.1) is 6.54 Å². The zero-order valence-corrected chi connectivity index (χ0v) is 22.1. The molecule has 5 rings (SSSR count). The molecule has 8 nitrogen and oxygen atoms in total. The summed E-state index contributed by atoms with van der Waals surface area (Å²) in [5.41, 5.74) is -0.438. The fraction of sp³-hybridized carbons (Fsp3) is 0.480. The first-order valence-corrected chi connectivity index (χ1v) is 12.8. The minimum Gasteiger partial charge on any atom is -0.340 e. The van der Waals surface area contributed by atoms with Gasteiger partial charge >= 0.3 is 5.69 Å². The van der Waals surface area contributed by atoms with E-state index in [0.717, 1.165) is 31.6 Å². The van der Waals surface area contributed by atoms with Crippen LogP contribution in [0.2, 0.25) is 0 Å². The molecule has 2 unspecified atom stereocenters. The van der Waals surface area contributed by atoms with Crippen molar-refractivity contribution in [1.29, 1.82) is 0 Å². The Balaban J connectivity index is 1.64. The lowest BCUT2D eigenvalue weighted by atomic mass is 10.1. The molecule has 0 spiro atoms. The largest absolute Gasteiger partial charge is 0.340 e. The van der Waals surface area contributed by atoms with Crippen LogP contribution in [0.3, 0.4) is 0 Å². The van der Waals surface area contributed by atoms with Gasteiger partial charge in [0, 0.05) is 42.8 Å². The summed E-state index contributed by atoms with van der Waals surface area (Å²) in [6.45, 7) is 5.72. The summed E-state index contributed by atoms with van der Waals surface area (Å²) >= 11 is 3.24. The minimum atomic E-state index is -3.42. The van der Waals surface area contributed by atoms with E-state index < -0.39 is 23.7 Å². The minimum absolute atomic E-state index is 0.154. The van der Waals surface area contributed by atoms with Crippen molar-refractivity contribution in [3.63, 3.8) is 0 Å². The maximum Gasteiger partial charge on any atom is 0.332 e. The van der Waals surface area contributed by atoms with Crippen LogP contribution in [-0.2, 0) is 26.1 Å². The van der Waals surface area contributed by atoms with Crippen molar-refractivity contribution in [2.45, 2.75) is 45.3 Å². The van der Waals surface area contributed by atoms with Gasteiger partial charge in [-0.05, 0) is 44.9 Å². The number of rotatable bonds is 6. The maximum atomic E-state index is 15.2. The van der Waals surface area contributed by atoms with Crippen molar-refractivity contribution >= 4 is 33.0 Å². The highest BCUT2D eigenvalue weighted by molar-refractivity contribution is 9.10. The molecule has 4 heterocycles. The molecule has 0 aliphatic carbocycles. The van der Waals surface area contributed by atoms with Gasteiger partial charge in [0.1, 0.15) is 0 Å². The second kappa shape index (κ2) is 9.26. The van der Waals surface area contributed by atoms with Gasteiger partial charge in [-0.15, -0.1) is 0 Å². The Bertz CT molecular complexity index is 1440. The number of benzene rings is 1. The first-order chi connectivity index (χ1) is 17.1. The van der Waals surface area contributed by atoms with Crippen LogP contribution in [0.25, 0.3) is 11.2 Å². The van der Waals surface area contributed by atoms with E-state index in [2.05, 4.69) is 26.1 Å². The molecule has 0 saturated carbocycles. The van der Waals surface area contributed by atoms with Crippen molar-refractivity contribution in [3.8, 4) is 0 Å². The average molecular weight is 563 g/mol. The van der Waals surface area contributed by atoms with Crippen molar-refractivity contribution in [2.75, 3.05) is 24.5 Å². The molecule has 0 amide bonds. The quantitative estimate of drug-likeness (QED) is 0.467. The molecule has 0 bridgehead atoms. The Labute approximate surface area is 215 Å². The summed E-state index contributed by atoms with van der Waals surface area (Å²) in [6.07, 6.45) is 3.04. The number of anilines is 1. The van der Waals surface area contributed by atoms with Crippen LogP contribution >= 0.6 is 15.9 Å². The van der Waals surface area contributed by atoms with E-state index >= 15 is 8.78 Å². The van der Waals surface area contributed by atoms with Gasteiger partial charge in [-0.1, -0.05) is 39.7 Å². The van der Waals surface area contributed by atoms with Crippen LogP contribution in [0.5, 0.6) is 0 Å². The lowest BCUT2D eigenvalue weighted by Gasteiger charge is -2.20. The summed E-state index contributed by atoms with van der Waals surface area (Å²) < 4.78 is 34.7. The number of halogens is 3. The van der Waals surface area contributed by atoms with Crippen LogP contribution in [0.15, 0.2) is 50.0 Å². The number of alkyl halides is 2. The predicted molar refractivity (Wildman–Crippen MR) is 139 cm³/mol. The number of aromatic nitrogens is 4. The molecule has 192 valence electrons. The van der Waals surface area contributed by atoms with Gasteiger partial charge in [0.25, 0.3) is 11.5 Å². The van der Waals surface area contributed by atoms with Crippen molar-refractivity contribution in [1.82, 2.24) is 24.0 Å². The van der Waals surface area contributed by atoms with E-state index in [1.807, 2.05) is 19.9 Å². The van der Waals surface area contributed by atoms with Gasteiger partial charge in [0.15, 0.2) is 11.2 Å². The highest BCUT2D eigenvalue weighted by Crippen LogP contribution is 2.32. The van der Waals surface area contributed by atoms with Crippen molar-refractivity contribution in [3.05, 3.63) is 66.8 Å². The molecule has 11 heteroatoms. The second-order valence-electron chi connectivity index (χ2n) is 9.93. The molecular formula is C25H29BrF2N6O2. The summed E-state index contributed by atoms with van der Waals surface area (Å²) in [4.78, 5) is 33.6. The molecule has 36 heavy (non-hydrogen) atoms. The number of hydrogen-bond donors (Lipinski definition) is 1. The highest BCUT2D eigenvalue weighted by atomic mass is 79.9. The molecule has 2 saturated heterocycles. The lowest BCUT2D eigenvalue weighted by Crippen LogP contribution is -2.43. The molecule has 3 aromatic rings. The summed E-state index contributed by atoms with van der Waals surface area (Å²) in [5.74, 6) is -2.34. The third-order valence-corrected chi connectivity index (χ3v) is 7.69. The highest BCUT2D eigenvalue weighted by Gasteiger charge is 2.39. The number of nitrogens with zero attached hydrogens (tertiary/aromatic N) is 5. The van der Waals surface area contributed by atoms with Crippen LogP contribution < -0.4 is 21.5 Å². The van der Waals surface area contributed by atoms with Gasteiger partial charge in [0.2, 0.25) is 5.95 Å². The van der Waals surface area contributed by atoms with E-state index in [1.54, 1.807) is 4.57 Å². The lowest BCUT2D eigenvalue weighted by molar-refractivity contribution is -0.0244. The zero-order valence-electron chi connectivity index (χ0n) is 20.5. The van der Waals surface area contributed by atoms with Crippen LogP contribution in [0, 0.1) is 5.92 Å². The Morgan fingerprint density at radius 2 is 1.92 bits per heavy atom. The standard InChI is InChI=1S/C25H29BrF2N6O2/c1-15(2)9-11-33-20-21(30-23(33)32-12-16-8-10-29-19(16)13-32)31(3)24(36)34(22(20)35)14-25(27,28)17-4-6-18(26)7-5-17/h4-7,9,16,19,29H,8,10-14H2,1-3H3. The molecule has 2 fully saturated rings. The number of hydrogen-bond acceptors (Lipinski definition) is 5. The number of allylic oxidation sites excluding steroid dienone is 2. The van der Waals surface area contributed by atoms with E-state index in [1.165, 1.54) is 35.9 Å². The fourth-order valence-corrected chi connectivity index (χ4v) is 5.45. The Hall–Kier alpha value is -2.79. The zero-order chi connectivity index (χ0) is 25.8. The topological polar surface area (TPSA) is 77.1 Å². The number of imidazole rings is 1. The van der Waals surface area contributed by atoms with Crippen LogP contribution in [-0.4, -0.2) is 44.4 Å². The van der Waals surface area contributed by atoms with Crippen molar-refractivity contribution in [2.24, 2.45) is 13.0 Å². The molecule has 2 atom stereocenters. The average Bonchev–Trinajstić information content (AvgIpc) is 3.52. The van der Waals surface area contributed by atoms with E-state index in [-0.39, 0.29) is 16.7 Å². The van der Waals surface area contributed by atoms with E-state index in [4.69, 9.17) is 4.98 Å². The first kappa shape index (κ1) is 24.9. The maximum absolute atomic E-state index is 15.2. The molecule has 0 radical (unpaired) electrons. The van der Waals surface area contributed by atoms with Gasteiger partial charge in [-0.3, -0.25) is 13.9 Å². The molecule has 2 aliphatic heterocycles. The molecule has 1 aromatic carbocycles. The number of nitrogens with one attached hydrogen (secondary N) is 1. The Morgan fingerprint density at radius 3 is 2.58 bits per heavy atom. The van der Waals surface area contributed by atoms with E-state index in [9.17, 15) is 9.59 Å². The molecule has 1 N–H and O–H groups in total. The first-order valence-electron chi connectivity index (χ1n) is 12.0. The Morgan fingerprint density at radius 1 is 1.19 bits per heavy atom. The summed E-state index contributed by atoms with van der Waals surface area (Å²) in [5, 5.41) is 3.51. The Kier molecular flexibility index (Phi) is 6.40. The third-order valence-electron chi connectivity index (χ3n) is 7.16. The van der Waals surface area contributed by atoms with Crippen molar-refractivity contribution < 1.29 is 8.78 Å². The van der Waals surface area contributed by atoms with E-state index in [0.29, 0.717) is 33.5 Å². The number of aryl methyl sites for hydroxylation is 1. The second-order valence-corrected chi connectivity index (χ2v) is 10.9. The fourth-order valence-electron chi connectivity index (χ4n) is 5.18. The van der Waals surface area contributed by atoms with Crippen LogP contribution in [0.1, 0.15) is 25.8 Å². The number of fused-ring (bicyclic) bond motifs is 2. The predicted octanol–water partition coefficient (Wildman–Crippen LogP) is 3.22. The van der Waals surface area contributed by atoms with Crippen LogP contribution in [0.4, 0.5) is 14.7 Å². The third kappa shape index (κ3) is 4.32. The van der Waals surface area contributed by atoms with Gasteiger partial charge in [-0.2, -0.15) is 13.8 Å².